The van der Waals surface area contributed by atoms with Crippen molar-refractivity contribution in [3.05, 3.63) is 12.2 Å². The number of aliphatic hydroxyl groups excluding tert-OH is 1. The standard InChI is InChI=1S/C10H18O2/c1-8(2)7-10(11)9-3-5-12-6-4-9/h9-11H,1,3-7H2,2H3. The van der Waals surface area contributed by atoms with Crippen LogP contribution in [-0.4, -0.2) is 24.4 Å². The van der Waals surface area contributed by atoms with Crippen molar-refractivity contribution >= 4 is 0 Å². The number of aliphatic hydroxyl groups is 1. The molecule has 0 aromatic carbocycles. The van der Waals surface area contributed by atoms with Gasteiger partial charge in [0, 0.05) is 13.2 Å². The Morgan fingerprint density at radius 3 is 2.67 bits per heavy atom. The van der Waals surface area contributed by atoms with Crippen molar-refractivity contribution in [1.82, 2.24) is 0 Å². The zero-order valence-electron chi connectivity index (χ0n) is 7.75. The highest BCUT2D eigenvalue weighted by Gasteiger charge is 2.21. The highest BCUT2D eigenvalue weighted by atomic mass is 16.5. The van der Waals surface area contributed by atoms with Crippen molar-refractivity contribution in [2.75, 3.05) is 13.2 Å². The van der Waals surface area contributed by atoms with Crippen molar-refractivity contribution < 1.29 is 9.84 Å². The Kier molecular flexibility index (Phi) is 3.76. The van der Waals surface area contributed by atoms with Gasteiger partial charge in [0.1, 0.15) is 0 Å². The molecule has 1 aliphatic rings. The Bertz CT molecular complexity index is 148. The maximum absolute atomic E-state index is 9.73. The Morgan fingerprint density at radius 1 is 1.58 bits per heavy atom. The van der Waals surface area contributed by atoms with E-state index in [0.717, 1.165) is 38.0 Å². The molecule has 0 radical (unpaired) electrons. The fraction of sp³-hybridized carbons (Fsp3) is 0.800. The summed E-state index contributed by atoms with van der Waals surface area (Å²) in [5.74, 6) is 0.426. The van der Waals surface area contributed by atoms with E-state index in [-0.39, 0.29) is 6.10 Å². The van der Waals surface area contributed by atoms with Crippen molar-refractivity contribution in [2.45, 2.75) is 32.3 Å². The Labute approximate surface area is 74.2 Å². The lowest BCUT2D eigenvalue weighted by Gasteiger charge is -2.26. The first kappa shape index (κ1) is 9.75. The van der Waals surface area contributed by atoms with E-state index in [1.807, 2.05) is 6.92 Å². The van der Waals surface area contributed by atoms with Crippen LogP contribution in [-0.2, 0) is 4.74 Å². The SMILES string of the molecule is C=C(C)CC(O)C1CCOCC1. The van der Waals surface area contributed by atoms with Gasteiger partial charge in [-0.2, -0.15) is 0 Å². The second-order valence-electron chi connectivity index (χ2n) is 3.68. The summed E-state index contributed by atoms with van der Waals surface area (Å²) < 4.78 is 5.22. The summed E-state index contributed by atoms with van der Waals surface area (Å²) in [4.78, 5) is 0. The van der Waals surface area contributed by atoms with Gasteiger partial charge in [-0.25, -0.2) is 0 Å². The first-order valence-electron chi connectivity index (χ1n) is 4.60. The molecule has 70 valence electrons. The largest absolute Gasteiger partial charge is 0.393 e. The maximum Gasteiger partial charge on any atom is 0.0606 e. The van der Waals surface area contributed by atoms with Gasteiger partial charge in [-0.1, -0.05) is 5.57 Å². The Balaban J connectivity index is 2.29. The van der Waals surface area contributed by atoms with Crippen LogP contribution in [0, 0.1) is 5.92 Å². The van der Waals surface area contributed by atoms with Gasteiger partial charge in [0.2, 0.25) is 0 Å². The first-order chi connectivity index (χ1) is 5.70. The van der Waals surface area contributed by atoms with E-state index in [1.54, 1.807) is 0 Å². The van der Waals surface area contributed by atoms with Crippen LogP contribution >= 0.6 is 0 Å². The molecule has 2 nitrogen and oxygen atoms in total. The molecule has 0 bridgehead atoms. The third-order valence-corrected chi connectivity index (χ3v) is 2.37. The van der Waals surface area contributed by atoms with E-state index < -0.39 is 0 Å². The molecule has 1 fully saturated rings. The summed E-state index contributed by atoms with van der Waals surface area (Å²) in [6.07, 6.45) is 2.53. The summed E-state index contributed by atoms with van der Waals surface area (Å²) >= 11 is 0. The summed E-state index contributed by atoms with van der Waals surface area (Å²) in [5, 5.41) is 9.73. The van der Waals surface area contributed by atoms with Crippen LogP contribution < -0.4 is 0 Å². The highest BCUT2D eigenvalue weighted by Crippen LogP contribution is 2.22. The Morgan fingerprint density at radius 2 is 2.17 bits per heavy atom. The third-order valence-electron chi connectivity index (χ3n) is 2.37. The van der Waals surface area contributed by atoms with Gasteiger partial charge in [-0.05, 0) is 32.1 Å². The average Bonchev–Trinajstić information content (AvgIpc) is 2.05. The van der Waals surface area contributed by atoms with Crippen LogP contribution in [0.3, 0.4) is 0 Å². The quantitative estimate of drug-likeness (QED) is 0.654. The Hall–Kier alpha value is -0.340. The van der Waals surface area contributed by atoms with Crippen LogP contribution in [0.2, 0.25) is 0 Å². The van der Waals surface area contributed by atoms with E-state index in [4.69, 9.17) is 4.74 Å². The van der Waals surface area contributed by atoms with E-state index >= 15 is 0 Å². The third kappa shape index (κ3) is 2.95. The molecule has 1 rings (SSSR count). The molecule has 1 heterocycles. The van der Waals surface area contributed by atoms with Gasteiger partial charge in [-0.15, -0.1) is 6.58 Å². The highest BCUT2D eigenvalue weighted by molar-refractivity contribution is 4.92. The maximum atomic E-state index is 9.73. The molecule has 0 aliphatic carbocycles. The normalized spacial score (nSPS) is 22.2. The molecule has 2 heteroatoms. The van der Waals surface area contributed by atoms with Gasteiger partial charge in [-0.3, -0.25) is 0 Å². The predicted molar refractivity (Wildman–Crippen MR) is 49.0 cm³/mol. The predicted octanol–water partition coefficient (Wildman–Crippen LogP) is 1.74. The lowest BCUT2D eigenvalue weighted by Crippen LogP contribution is -2.27. The van der Waals surface area contributed by atoms with Gasteiger partial charge >= 0.3 is 0 Å². The molecule has 0 saturated carbocycles. The minimum Gasteiger partial charge on any atom is -0.393 e. The molecule has 12 heavy (non-hydrogen) atoms. The summed E-state index contributed by atoms with van der Waals surface area (Å²) in [5.41, 5.74) is 1.06. The average molecular weight is 170 g/mol. The first-order valence-corrected chi connectivity index (χ1v) is 4.60. The molecule has 0 aromatic rings. The molecule has 1 saturated heterocycles. The molecule has 1 atom stereocenters. The van der Waals surface area contributed by atoms with Crippen molar-refractivity contribution in [1.29, 1.82) is 0 Å². The molecule has 1 aliphatic heterocycles. The zero-order chi connectivity index (χ0) is 8.97. The molecule has 1 N–H and O–H groups in total. The topological polar surface area (TPSA) is 29.5 Å². The smallest absolute Gasteiger partial charge is 0.0606 e. The van der Waals surface area contributed by atoms with Crippen LogP contribution in [0.4, 0.5) is 0 Å². The van der Waals surface area contributed by atoms with Crippen molar-refractivity contribution in [3.8, 4) is 0 Å². The molecule has 0 spiro atoms. The fourth-order valence-electron chi connectivity index (χ4n) is 1.62. The number of rotatable bonds is 3. The lowest BCUT2D eigenvalue weighted by molar-refractivity contribution is 0.00846. The van der Waals surface area contributed by atoms with Gasteiger partial charge in [0.05, 0.1) is 6.10 Å². The molecule has 0 amide bonds. The molecular weight excluding hydrogens is 152 g/mol. The minimum atomic E-state index is -0.202. The summed E-state index contributed by atoms with van der Waals surface area (Å²) in [6.45, 7) is 7.37. The van der Waals surface area contributed by atoms with Crippen molar-refractivity contribution in [2.24, 2.45) is 5.92 Å². The summed E-state index contributed by atoms with van der Waals surface area (Å²) in [7, 11) is 0. The zero-order valence-corrected chi connectivity index (χ0v) is 7.75. The van der Waals surface area contributed by atoms with Crippen LogP contribution in [0.5, 0.6) is 0 Å². The van der Waals surface area contributed by atoms with Crippen molar-refractivity contribution in [3.63, 3.8) is 0 Å². The second-order valence-corrected chi connectivity index (χ2v) is 3.68. The lowest BCUT2D eigenvalue weighted by atomic mass is 9.90. The van der Waals surface area contributed by atoms with Crippen LogP contribution in [0.15, 0.2) is 12.2 Å². The molecule has 0 aromatic heterocycles. The van der Waals surface area contributed by atoms with E-state index in [2.05, 4.69) is 6.58 Å². The van der Waals surface area contributed by atoms with E-state index in [9.17, 15) is 5.11 Å². The number of hydrogen-bond acceptors (Lipinski definition) is 2. The van der Waals surface area contributed by atoms with Crippen LogP contribution in [0.1, 0.15) is 26.2 Å². The van der Waals surface area contributed by atoms with E-state index in [0.29, 0.717) is 5.92 Å². The fourth-order valence-corrected chi connectivity index (χ4v) is 1.62. The van der Waals surface area contributed by atoms with Gasteiger partial charge in [0.25, 0.3) is 0 Å². The molecular formula is C10H18O2. The molecule has 1 unspecified atom stereocenters. The van der Waals surface area contributed by atoms with Gasteiger partial charge in [0.15, 0.2) is 0 Å². The van der Waals surface area contributed by atoms with Crippen LogP contribution in [0.25, 0.3) is 0 Å². The number of hydrogen-bond donors (Lipinski definition) is 1. The van der Waals surface area contributed by atoms with Gasteiger partial charge < -0.3 is 9.84 Å². The number of ether oxygens (including phenoxy) is 1. The minimum absolute atomic E-state index is 0.202. The monoisotopic (exact) mass is 170 g/mol. The second kappa shape index (κ2) is 4.63. The van der Waals surface area contributed by atoms with E-state index in [1.165, 1.54) is 0 Å². The summed E-state index contributed by atoms with van der Waals surface area (Å²) in [6, 6.07) is 0.